The summed E-state index contributed by atoms with van der Waals surface area (Å²) in [5.41, 5.74) is 1.09. The van der Waals surface area contributed by atoms with Crippen molar-refractivity contribution < 1.29 is 14.3 Å². The van der Waals surface area contributed by atoms with E-state index in [2.05, 4.69) is 34.4 Å². The molecule has 1 fully saturated rings. The van der Waals surface area contributed by atoms with Crippen LogP contribution in [-0.2, 0) is 16.0 Å². The van der Waals surface area contributed by atoms with Crippen molar-refractivity contribution in [3.8, 4) is 5.75 Å². The third-order valence-electron chi connectivity index (χ3n) is 5.18. The molecule has 1 saturated heterocycles. The van der Waals surface area contributed by atoms with Crippen molar-refractivity contribution in [3.05, 3.63) is 29.8 Å². The van der Waals surface area contributed by atoms with Gasteiger partial charge in [0.25, 0.3) is 0 Å². The van der Waals surface area contributed by atoms with Crippen LogP contribution in [0, 0.1) is 0 Å². The summed E-state index contributed by atoms with van der Waals surface area (Å²) in [7, 11) is 6.10. The number of carbonyl (C=O) groups is 2. The Kier molecular flexibility index (Phi) is 8.73. The van der Waals surface area contributed by atoms with Crippen molar-refractivity contribution in [1.29, 1.82) is 0 Å². The van der Waals surface area contributed by atoms with Gasteiger partial charge in [-0.1, -0.05) is 12.1 Å². The summed E-state index contributed by atoms with van der Waals surface area (Å²) in [5, 5.41) is 5.56. The lowest BCUT2D eigenvalue weighted by atomic mass is 9.99. The molecular formula is C21H34N4O3. The van der Waals surface area contributed by atoms with Crippen LogP contribution in [0.4, 0.5) is 0 Å². The highest BCUT2D eigenvalue weighted by Gasteiger charge is 2.25. The summed E-state index contributed by atoms with van der Waals surface area (Å²) in [6.45, 7) is 5.01. The first-order valence-electron chi connectivity index (χ1n) is 10.0. The van der Waals surface area contributed by atoms with E-state index in [1.807, 2.05) is 38.4 Å². The van der Waals surface area contributed by atoms with Gasteiger partial charge in [0.15, 0.2) is 0 Å². The molecule has 0 bridgehead atoms. The van der Waals surface area contributed by atoms with E-state index in [1.165, 1.54) is 0 Å². The molecule has 2 amide bonds. The average Bonchev–Trinajstić information content (AvgIpc) is 2.65. The SMILES string of the molecule is CC1CC(NC(=O)C(=O)NCCc2ccc(OCCN(C)C)cc2)CCN1C. The van der Waals surface area contributed by atoms with Gasteiger partial charge in [0.05, 0.1) is 0 Å². The second-order valence-electron chi connectivity index (χ2n) is 7.83. The number of hydrogen-bond acceptors (Lipinski definition) is 5. The lowest BCUT2D eigenvalue weighted by Gasteiger charge is -2.35. The third-order valence-corrected chi connectivity index (χ3v) is 5.18. The van der Waals surface area contributed by atoms with Gasteiger partial charge in [-0.2, -0.15) is 0 Å². The molecule has 1 aromatic carbocycles. The molecule has 2 atom stereocenters. The van der Waals surface area contributed by atoms with Gasteiger partial charge in [0.1, 0.15) is 12.4 Å². The van der Waals surface area contributed by atoms with Crippen molar-refractivity contribution >= 4 is 11.8 Å². The summed E-state index contributed by atoms with van der Waals surface area (Å²) in [6.07, 6.45) is 2.42. The molecule has 2 unspecified atom stereocenters. The predicted octanol–water partition coefficient (Wildman–Crippen LogP) is 0.885. The Morgan fingerprint density at radius 2 is 1.93 bits per heavy atom. The van der Waals surface area contributed by atoms with Crippen molar-refractivity contribution in [3.63, 3.8) is 0 Å². The molecule has 0 saturated carbocycles. The van der Waals surface area contributed by atoms with Gasteiger partial charge in [-0.15, -0.1) is 0 Å². The molecule has 7 heteroatoms. The molecule has 2 rings (SSSR count). The van der Waals surface area contributed by atoms with Gasteiger partial charge < -0.3 is 25.2 Å². The number of ether oxygens (including phenoxy) is 1. The highest BCUT2D eigenvalue weighted by molar-refractivity contribution is 6.35. The fourth-order valence-corrected chi connectivity index (χ4v) is 3.17. The van der Waals surface area contributed by atoms with Gasteiger partial charge in [0, 0.05) is 31.7 Å². The van der Waals surface area contributed by atoms with Crippen LogP contribution in [0.1, 0.15) is 25.3 Å². The molecule has 1 aromatic rings. The first kappa shape index (κ1) is 22.2. The summed E-state index contributed by atoms with van der Waals surface area (Å²) in [6, 6.07) is 8.32. The van der Waals surface area contributed by atoms with Crippen LogP contribution in [0.3, 0.4) is 0 Å². The molecule has 1 aliphatic rings. The van der Waals surface area contributed by atoms with Gasteiger partial charge in [-0.25, -0.2) is 0 Å². The van der Waals surface area contributed by atoms with Crippen molar-refractivity contribution in [2.45, 2.75) is 38.3 Å². The number of likely N-dealkylation sites (N-methyl/N-ethyl adjacent to an activating group) is 1. The van der Waals surface area contributed by atoms with Crippen LogP contribution < -0.4 is 15.4 Å². The summed E-state index contributed by atoms with van der Waals surface area (Å²) >= 11 is 0. The van der Waals surface area contributed by atoms with Crippen molar-refractivity contribution in [2.75, 3.05) is 47.4 Å². The van der Waals surface area contributed by atoms with Crippen molar-refractivity contribution in [2.24, 2.45) is 0 Å². The molecule has 0 spiro atoms. The number of carbonyl (C=O) groups excluding carboxylic acids is 2. The average molecular weight is 391 g/mol. The zero-order chi connectivity index (χ0) is 20.5. The predicted molar refractivity (Wildman–Crippen MR) is 110 cm³/mol. The van der Waals surface area contributed by atoms with E-state index < -0.39 is 11.8 Å². The fraction of sp³-hybridized carbons (Fsp3) is 0.619. The molecule has 0 aromatic heterocycles. The van der Waals surface area contributed by atoms with Gasteiger partial charge in [-0.3, -0.25) is 9.59 Å². The van der Waals surface area contributed by atoms with E-state index in [0.717, 1.165) is 37.2 Å². The Balaban J connectivity index is 1.66. The van der Waals surface area contributed by atoms with Gasteiger partial charge in [0.2, 0.25) is 0 Å². The molecule has 2 N–H and O–H groups in total. The molecule has 0 aliphatic carbocycles. The highest BCUT2D eigenvalue weighted by Crippen LogP contribution is 2.15. The van der Waals surface area contributed by atoms with E-state index in [4.69, 9.17) is 4.74 Å². The van der Waals surface area contributed by atoms with Crippen LogP contribution in [0.15, 0.2) is 24.3 Å². The highest BCUT2D eigenvalue weighted by atomic mass is 16.5. The Hall–Kier alpha value is -2.12. The van der Waals surface area contributed by atoms with Gasteiger partial charge in [-0.05, 0) is 65.0 Å². The topological polar surface area (TPSA) is 73.9 Å². The van der Waals surface area contributed by atoms with Crippen LogP contribution in [0.25, 0.3) is 0 Å². The number of rotatable bonds is 8. The monoisotopic (exact) mass is 390 g/mol. The minimum Gasteiger partial charge on any atom is -0.492 e. The maximum Gasteiger partial charge on any atom is 0.309 e. The lowest BCUT2D eigenvalue weighted by Crippen LogP contribution is -2.50. The Labute approximate surface area is 168 Å². The summed E-state index contributed by atoms with van der Waals surface area (Å²) in [4.78, 5) is 28.4. The summed E-state index contributed by atoms with van der Waals surface area (Å²) in [5.74, 6) is -0.261. The first-order chi connectivity index (χ1) is 13.3. The number of nitrogens with one attached hydrogen (secondary N) is 2. The number of benzene rings is 1. The van der Waals surface area contributed by atoms with E-state index >= 15 is 0 Å². The molecule has 1 aliphatic heterocycles. The maximum absolute atomic E-state index is 12.1. The Morgan fingerprint density at radius 3 is 2.57 bits per heavy atom. The molecule has 28 heavy (non-hydrogen) atoms. The van der Waals surface area contributed by atoms with Crippen molar-refractivity contribution in [1.82, 2.24) is 20.4 Å². The van der Waals surface area contributed by atoms with Gasteiger partial charge >= 0.3 is 11.8 Å². The number of hydrogen-bond donors (Lipinski definition) is 2. The fourth-order valence-electron chi connectivity index (χ4n) is 3.17. The zero-order valence-corrected chi connectivity index (χ0v) is 17.5. The second-order valence-corrected chi connectivity index (χ2v) is 7.83. The molecule has 0 radical (unpaired) electrons. The normalized spacial score (nSPS) is 20.0. The van der Waals surface area contributed by atoms with Crippen LogP contribution in [0.2, 0.25) is 0 Å². The molecule has 156 valence electrons. The first-order valence-corrected chi connectivity index (χ1v) is 10.0. The standard InChI is InChI=1S/C21H34N4O3/c1-16-15-18(10-12-25(16)4)23-21(27)20(26)22-11-9-17-5-7-19(8-6-17)28-14-13-24(2)3/h5-8,16,18H,9-15H2,1-4H3,(H,22,26)(H,23,27). The summed E-state index contributed by atoms with van der Waals surface area (Å²) < 4.78 is 5.66. The van der Waals surface area contributed by atoms with E-state index in [0.29, 0.717) is 25.6 Å². The largest absolute Gasteiger partial charge is 0.492 e. The zero-order valence-electron chi connectivity index (χ0n) is 17.5. The molecule has 1 heterocycles. The van der Waals surface area contributed by atoms with E-state index in [-0.39, 0.29) is 6.04 Å². The minimum atomic E-state index is -0.560. The lowest BCUT2D eigenvalue weighted by molar-refractivity contribution is -0.139. The number of piperidine rings is 1. The number of amides is 2. The number of likely N-dealkylation sites (tertiary alicyclic amines) is 1. The van der Waals surface area contributed by atoms with Crippen LogP contribution in [0.5, 0.6) is 5.75 Å². The van der Waals surface area contributed by atoms with E-state index in [1.54, 1.807) is 0 Å². The quantitative estimate of drug-likeness (QED) is 0.645. The Bertz CT molecular complexity index is 633. The van der Waals surface area contributed by atoms with E-state index in [9.17, 15) is 9.59 Å². The third kappa shape index (κ3) is 7.48. The van der Waals surface area contributed by atoms with Crippen LogP contribution in [-0.4, -0.2) is 81.1 Å². The van der Waals surface area contributed by atoms with Crippen LogP contribution >= 0.6 is 0 Å². The maximum atomic E-state index is 12.1. The number of nitrogens with zero attached hydrogens (tertiary/aromatic N) is 2. The smallest absolute Gasteiger partial charge is 0.309 e. The minimum absolute atomic E-state index is 0.0736. The molecule has 7 nitrogen and oxygen atoms in total. The second kappa shape index (κ2) is 11.0. The molecular weight excluding hydrogens is 356 g/mol. The Morgan fingerprint density at radius 1 is 1.21 bits per heavy atom.